The minimum absolute atomic E-state index is 0.00941. The highest BCUT2D eigenvalue weighted by molar-refractivity contribution is 5.50. The zero-order valence-corrected chi connectivity index (χ0v) is 11.6. The molecule has 0 aliphatic heterocycles. The minimum Gasteiger partial charge on any atom is -0.375 e. The number of hydrogen-bond donors (Lipinski definition) is 1. The zero-order chi connectivity index (χ0) is 14.3. The van der Waals surface area contributed by atoms with E-state index < -0.39 is 11.6 Å². The van der Waals surface area contributed by atoms with Crippen LogP contribution in [0.1, 0.15) is 31.0 Å². The van der Waals surface area contributed by atoms with Crippen LogP contribution < -0.4 is 5.32 Å². The second-order valence-electron chi connectivity index (χ2n) is 6.07. The summed E-state index contributed by atoms with van der Waals surface area (Å²) in [7, 11) is 0. The van der Waals surface area contributed by atoms with Gasteiger partial charge in [-0.25, -0.2) is 8.78 Å². The van der Waals surface area contributed by atoms with E-state index in [9.17, 15) is 8.78 Å². The third kappa shape index (κ3) is 2.17. The molecule has 1 unspecified atom stereocenters. The zero-order valence-electron chi connectivity index (χ0n) is 11.6. The number of halogens is 2. The number of rotatable bonds is 2. The van der Waals surface area contributed by atoms with Gasteiger partial charge in [0.1, 0.15) is 11.6 Å². The fourth-order valence-corrected chi connectivity index (χ4v) is 3.03. The first kappa shape index (κ1) is 13.1. The van der Waals surface area contributed by atoms with Crippen molar-refractivity contribution in [2.45, 2.75) is 26.3 Å². The number of benzene rings is 2. The summed E-state index contributed by atoms with van der Waals surface area (Å²) in [6, 6.07) is 11.9. The SMILES string of the molecule is CC1(C)Cc2ccccc2C1Nc1ccc(F)cc1F. The molecule has 0 aromatic heterocycles. The smallest absolute Gasteiger partial charge is 0.149 e. The van der Waals surface area contributed by atoms with Crippen molar-refractivity contribution in [3.63, 3.8) is 0 Å². The molecule has 0 heterocycles. The van der Waals surface area contributed by atoms with Gasteiger partial charge in [0.25, 0.3) is 0 Å². The molecule has 20 heavy (non-hydrogen) atoms. The third-order valence-corrected chi connectivity index (χ3v) is 4.02. The summed E-state index contributed by atoms with van der Waals surface area (Å²) >= 11 is 0. The quantitative estimate of drug-likeness (QED) is 0.836. The van der Waals surface area contributed by atoms with Gasteiger partial charge in [0.05, 0.1) is 11.7 Å². The van der Waals surface area contributed by atoms with Gasteiger partial charge in [0.2, 0.25) is 0 Å². The molecule has 1 N–H and O–H groups in total. The Morgan fingerprint density at radius 1 is 1.10 bits per heavy atom. The molecular formula is C17H17F2N. The van der Waals surface area contributed by atoms with Gasteiger partial charge in [-0.3, -0.25) is 0 Å². The highest BCUT2D eigenvalue weighted by atomic mass is 19.1. The van der Waals surface area contributed by atoms with E-state index in [4.69, 9.17) is 0 Å². The lowest BCUT2D eigenvalue weighted by Gasteiger charge is -2.29. The molecule has 0 amide bonds. The van der Waals surface area contributed by atoms with Crippen LogP contribution in [0.25, 0.3) is 0 Å². The van der Waals surface area contributed by atoms with Gasteiger partial charge >= 0.3 is 0 Å². The highest BCUT2D eigenvalue weighted by Crippen LogP contribution is 2.46. The van der Waals surface area contributed by atoms with Crippen LogP contribution in [0.2, 0.25) is 0 Å². The lowest BCUT2D eigenvalue weighted by molar-refractivity contribution is 0.336. The molecule has 3 heteroatoms. The number of nitrogens with one attached hydrogen (secondary N) is 1. The van der Waals surface area contributed by atoms with E-state index in [-0.39, 0.29) is 11.5 Å². The maximum absolute atomic E-state index is 13.8. The Balaban J connectivity index is 1.97. The van der Waals surface area contributed by atoms with E-state index in [1.165, 1.54) is 23.3 Å². The Hall–Kier alpha value is -1.90. The van der Waals surface area contributed by atoms with Crippen molar-refractivity contribution >= 4 is 5.69 Å². The maximum atomic E-state index is 13.8. The predicted molar refractivity (Wildman–Crippen MR) is 76.6 cm³/mol. The first-order chi connectivity index (χ1) is 9.47. The van der Waals surface area contributed by atoms with Crippen molar-refractivity contribution in [1.82, 2.24) is 0 Å². The predicted octanol–water partition coefficient (Wildman–Crippen LogP) is 4.70. The lowest BCUT2D eigenvalue weighted by Crippen LogP contribution is -2.25. The van der Waals surface area contributed by atoms with Crippen LogP contribution in [0, 0.1) is 17.0 Å². The van der Waals surface area contributed by atoms with E-state index in [1.54, 1.807) is 0 Å². The second kappa shape index (κ2) is 4.58. The van der Waals surface area contributed by atoms with Crippen LogP contribution in [-0.2, 0) is 6.42 Å². The molecule has 0 bridgehead atoms. The molecule has 0 spiro atoms. The van der Waals surface area contributed by atoms with Crippen molar-refractivity contribution in [2.75, 3.05) is 5.32 Å². The number of anilines is 1. The van der Waals surface area contributed by atoms with Crippen molar-refractivity contribution in [3.8, 4) is 0 Å². The molecule has 1 atom stereocenters. The van der Waals surface area contributed by atoms with Crippen molar-refractivity contribution < 1.29 is 8.78 Å². The van der Waals surface area contributed by atoms with Crippen LogP contribution in [0.3, 0.4) is 0 Å². The first-order valence-electron chi connectivity index (χ1n) is 6.77. The Kier molecular flexibility index (Phi) is 3.00. The van der Waals surface area contributed by atoms with Gasteiger partial charge in [0, 0.05) is 6.07 Å². The molecule has 3 rings (SSSR count). The van der Waals surface area contributed by atoms with Crippen molar-refractivity contribution in [3.05, 3.63) is 65.2 Å². The van der Waals surface area contributed by atoms with Crippen LogP contribution in [0.4, 0.5) is 14.5 Å². The highest BCUT2D eigenvalue weighted by Gasteiger charge is 2.38. The van der Waals surface area contributed by atoms with E-state index in [1.807, 2.05) is 12.1 Å². The van der Waals surface area contributed by atoms with Crippen LogP contribution in [-0.4, -0.2) is 0 Å². The minimum atomic E-state index is -0.556. The summed E-state index contributed by atoms with van der Waals surface area (Å²) in [6.07, 6.45) is 0.948. The lowest BCUT2D eigenvalue weighted by atomic mass is 9.85. The third-order valence-electron chi connectivity index (χ3n) is 4.02. The molecule has 1 nitrogen and oxygen atoms in total. The molecule has 0 radical (unpaired) electrons. The monoisotopic (exact) mass is 273 g/mol. The van der Waals surface area contributed by atoms with Gasteiger partial charge in [0.15, 0.2) is 0 Å². The number of hydrogen-bond acceptors (Lipinski definition) is 1. The summed E-state index contributed by atoms with van der Waals surface area (Å²) in [5.74, 6) is -1.11. The van der Waals surface area contributed by atoms with Crippen LogP contribution >= 0.6 is 0 Å². The molecule has 0 saturated carbocycles. The molecular weight excluding hydrogens is 256 g/mol. The molecule has 0 fully saturated rings. The fraction of sp³-hybridized carbons (Fsp3) is 0.294. The maximum Gasteiger partial charge on any atom is 0.149 e. The standard InChI is InChI=1S/C17H17F2N/c1-17(2)10-11-5-3-4-6-13(11)16(17)20-15-8-7-12(18)9-14(15)19/h3-9,16,20H,10H2,1-2H3. The number of fused-ring (bicyclic) bond motifs is 1. The van der Waals surface area contributed by atoms with E-state index in [0.29, 0.717) is 5.69 Å². The molecule has 2 aromatic rings. The van der Waals surface area contributed by atoms with E-state index in [2.05, 4.69) is 31.3 Å². The Bertz CT molecular complexity index is 649. The van der Waals surface area contributed by atoms with Gasteiger partial charge in [-0.1, -0.05) is 38.1 Å². The molecule has 1 aliphatic carbocycles. The van der Waals surface area contributed by atoms with Crippen molar-refractivity contribution in [1.29, 1.82) is 0 Å². The Morgan fingerprint density at radius 2 is 1.85 bits per heavy atom. The summed E-state index contributed by atoms with van der Waals surface area (Å²) in [5.41, 5.74) is 2.82. The average Bonchev–Trinajstić information content (AvgIpc) is 2.63. The van der Waals surface area contributed by atoms with Crippen LogP contribution in [0.5, 0.6) is 0 Å². The van der Waals surface area contributed by atoms with Gasteiger partial charge in [-0.15, -0.1) is 0 Å². The molecule has 104 valence electrons. The summed E-state index contributed by atoms with van der Waals surface area (Å²) in [4.78, 5) is 0. The van der Waals surface area contributed by atoms with E-state index >= 15 is 0 Å². The molecule has 0 saturated heterocycles. The fourth-order valence-electron chi connectivity index (χ4n) is 3.03. The molecule has 1 aliphatic rings. The molecule has 2 aromatic carbocycles. The topological polar surface area (TPSA) is 12.0 Å². The average molecular weight is 273 g/mol. The normalized spacial score (nSPS) is 19.7. The van der Waals surface area contributed by atoms with Crippen molar-refractivity contribution in [2.24, 2.45) is 5.41 Å². The summed E-state index contributed by atoms with van der Waals surface area (Å²) < 4.78 is 26.8. The van der Waals surface area contributed by atoms with Crippen LogP contribution in [0.15, 0.2) is 42.5 Å². The second-order valence-corrected chi connectivity index (χ2v) is 6.07. The van der Waals surface area contributed by atoms with Gasteiger partial charge < -0.3 is 5.32 Å². The Morgan fingerprint density at radius 3 is 2.60 bits per heavy atom. The van der Waals surface area contributed by atoms with Gasteiger partial charge in [-0.2, -0.15) is 0 Å². The largest absolute Gasteiger partial charge is 0.375 e. The summed E-state index contributed by atoms with van der Waals surface area (Å²) in [6.45, 7) is 4.32. The Labute approximate surface area is 117 Å². The summed E-state index contributed by atoms with van der Waals surface area (Å²) in [5, 5.41) is 3.24. The first-order valence-corrected chi connectivity index (χ1v) is 6.77. The van der Waals surface area contributed by atoms with Gasteiger partial charge in [-0.05, 0) is 35.1 Å². The van der Waals surface area contributed by atoms with E-state index in [0.717, 1.165) is 12.5 Å².